The molecule has 0 aliphatic heterocycles. The summed E-state index contributed by atoms with van der Waals surface area (Å²) in [5.74, 6) is -0.608. The van der Waals surface area contributed by atoms with Crippen LogP contribution in [0.25, 0.3) is 10.2 Å². The maximum atomic E-state index is 12.4. The number of rotatable bonds is 7. The molecule has 0 N–H and O–H groups in total. The van der Waals surface area contributed by atoms with Crippen LogP contribution in [0.4, 0.5) is 0 Å². The molecular formula is C21H22N2O3S. The number of amides is 1. The highest BCUT2D eigenvalue weighted by Gasteiger charge is 2.21. The van der Waals surface area contributed by atoms with Crippen LogP contribution < -0.4 is 0 Å². The van der Waals surface area contributed by atoms with E-state index in [9.17, 15) is 9.59 Å². The predicted octanol–water partition coefficient (Wildman–Crippen LogP) is 3.99. The van der Waals surface area contributed by atoms with Gasteiger partial charge in [-0.05, 0) is 31.0 Å². The van der Waals surface area contributed by atoms with E-state index in [2.05, 4.69) is 4.98 Å². The molecule has 6 heteroatoms. The number of para-hydroxylation sites is 1. The molecule has 1 heterocycles. The van der Waals surface area contributed by atoms with Crippen LogP contribution in [0.3, 0.4) is 0 Å². The fourth-order valence-electron chi connectivity index (χ4n) is 2.66. The summed E-state index contributed by atoms with van der Waals surface area (Å²) in [5.41, 5.74) is 2.00. The van der Waals surface area contributed by atoms with Gasteiger partial charge in [0.15, 0.2) is 6.61 Å². The first-order valence-electron chi connectivity index (χ1n) is 8.85. The lowest BCUT2D eigenvalue weighted by Gasteiger charge is -2.23. The van der Waals surface area contributed by atoms with Crippen molar-refractivity contribution in [2.75, 3.05) is 13.7 Å². The van der Waals surface area contributed by atoms with Gasteiger partial charge in [-0.25, -0.2) is 4.98 Å². The van der Waals surface area contributed by atoms with Crippen molar-refractivity contribution in [1.82, 2.24) is 9.88 Å². The van der Waals surface area contributed by atoms with Crippen LogP contribution in [-0.2, 0) is 20.7 Å². The maximum absolute atomic E-state index is 12.4. The second-order valence-corrected chi connectivity index (χ2v) is 7.41. The fourth-order valence-corrected chi connectivity index (χ4v) is 3.72. The average molecular weight is 382 g/mol. The van der Waals surface area contributed by atoms with Crippen LogP contribution in [0.2, 0.25) is 0 Å². The standard InChI is InChI=1S/C21H22N2O3S/c1-15(21-22-17-10-6-7-11-18(17)27-21)23(2)19(24)14-26-20(25)13-12-16-8-4-3-5-9-16/h3-11,15H,12-14H2,1-2H3/t15-/m1/s1. The van der Waals surface area contributed by atoms with E-state index in [1.165, 1.54) is 0 Å². The molecule has 5 nitrogen and oxygen atoms in total. The second kappa shape index (κ2) is 8.77. The third-order valence-electron chi connectivity index (χ3n) is 4.46. The summed E-state index contributed by atoms with van der Waals surface area (Å²) in [5, 5.41) is 0.863. The number of fused-ring (bicyclic) bond motifs is 1. The van der Waals surface area contributed by atoms with E-state index in [1.54, 1.807) is 23.3 Å². The average Bonchev–Trinajstić information content (AvgIpc) is 3.14. The summed E-state index contributed by atoms with van der Waals surface area (Å²) in [7, 11) is 1.71. The lowest BCUT2D eigenvalue weighted by Crippen LogP contribution is -2.33. The Hall–Kier alpha value is -2.73. The second-order valence-electron chi connectivity index (χ2n) is 6.35. The van der Waals surface area contributed by atoms with Crippen molar-refractivity contribution in [3.63, 3.8) is 0 Å². The Kier molecular flexibility index (Phi) is 6.19. The number of thiazole rings is 1. The van der Waals surface area contributed by atoms with E-state index in [4.69, 9.17) is 4.74 Å². The van der Waals surface area contributed by atoms with Crippen LogP contribution in [0.5, 0.6) is 0 Å². The van der Waals surface area contributed by atoms with Crippen LogP contribution in [0, 0.1) is 0 Å². The van der Waals surface area contributed by atoms with E-state index in [-0.39, 0.29) is 30.9 Å². The van der Waals surface area contributed by atoms with Gasteiger partial charge in [-0.1, -0.05) is 42.5 Å². The number of aromatic nitrogens is 1. The number of esters is 1. The van der Waals surface area contributed by atoms with Gasteiger partial charge in [0.25, 0.3) is 5.91 Å². The maximum Gasteiger partial charge on any atom is 0.306 e. The van der Waals surface area contributed by atoms with E-state index in [0.717, 1.165) is 20.8 Å². The topological polar surface area (TPSA) is 59.5 Å². The number of carbonyl (C=O) groups is 2. The van der Waals surface area contributed by atoms with Gasteiger partial charge in [0, 0.05) is 13.5 Å². The van der Waals surface area contributed by atoms with Crippen molar-refractivity contribution in [2.45, 2.75) is 25.8 Å². The molecule has 3 aromatic rings. The van der Waals surface area contributed by atoms with Crippen molar-refractivity contribution in [2.24, 2.45) is 0 Å². The monoisotopic (exact) mass is 382 g/mol. The number of nitrogens with zero attached hydrogens (tertiary/aromatic N) is 2. The summed E-state index contributed by atoms with van der Waals surface area (Å²) < 4.78 is 6.23. The number of likely N-dealkylation sites (N-methyl/N-ethyl adjacent to an activating group) is 1. The van der Waals surface area contributed by atoms with Crippen molar-refractivity contribution in [1.29, 1.82) is 0 Å². The minimum atomic E-state index is -0.367. The molecule has 1 amide bonds. The van der Waals surface area contributed by atoms with Gasteiger partial charge in [-0.2, -0.15) is 0 Å². The summed E-state index contributed by atoms with van der Waals surface area (Å²) >= 11 is 1.57. The smallest absolute Gasteiger partial charge is 0.306 e. The fraction of sp³-hybridized carbons (Fsp3) is 0.286. The number of carbonyl (C=O) groups excluding carboxylic acids is 2. The highest BCUT2D eigenvalue weighted by Crippen LogP contribution is 2.28. The molecule has 0 aliphatic rings. The van der Waals surface area contributed by atoms with E-state index < -0.39 is 0 Å². The van der Waals surface area contributed by atoms with Gasteiger partial charge in [0.05, 0.1) is 16.3 Å². The van der Waals surface area contributed by atoms with E-state index >= 15 is 0 Å². The predicted molar refractivity (Wildman–Crippen MR) is 107 cm³/mol. The summed E-state index contributed by atoms with van der Waals surface area (Å²) in [4.78, 5) is 30.4. The molecule has 0 unspecified atom stereocenters. The Morgan fingerprint density at radius 1 is 1.11 bits per heavy atom. The molecule has 0 bridgehead atoms. The van der Waals surface area contributed by atoms with Crippen LogP contribution >= 0.6 is 11.3 Å². The molecule has 3 rings (SSSR count). The van der Waals surface area contributed by atoms with Crippen molar-refractivity contribution < 1.29 is 14.3 Å². The zero-order valence-electron chi connectivity index (χ0n) is 15.4. The Morgan fingerprint density at radius 3 is 2.56 bits per heavy atom. The molecule has 0 saturated carbocycles. The molecule has 0 fully saturated rings. The number of benzene rings is 2. The van der Waals surface area contributed by atoms with Crippen LogP contribution in [0.1, 0.15) is 30.0 Å². The van der Waals surface area contributed by atoms with Crippen molar-refractivity contribution >= 4 is 33.4 Å². The van der Waals surface area contributed by atoms with Gasteiger partial charge in [0.2, 0.25) is 0 Å². The van der Waals surface area contributed by atoms with Gasteiger partial charge in [-0.15, -0.1) is 11.3 Å². The minimum Gasteiger partial charge on any atom is -0.456 e. The first-order chi connectivity index (χ1) is 13.0. The third kappa shape index (κ3) is 4.92. The van der Waals surface area contributed by atoms with Gasteiger partial charge in [-0.3, -0.25) is 9.59 Å². The van der Waals surface area contributed by atoms with E-state index in [0.29, 0.717) is 6.42 Å². The number of ether oxygens (including phenoxy) is 1. The normalized spacial score (nSPS) is 11.9. The molecular weight excluding hydrogens is 360 g/mol. The molecule has 0 spiro atoms. The molecule has 0 saturated heterocycles. The SMILES string of the molecule is C[C@H](c1nc2ccccc2s1)N(C)C(=O)COC(=O)CCc1ccccc1. The molecule has 2 aromatic carbocycles. The Morgan fingerprint density at radius 2 is 1.81 bits per heavy atom. The zero-order chi connectivity index (χ0) is 19.2. The molecule has 0 radical (unpaired) electrons. The Labute approximate surface area is 162 Å². The zero-order valence-corrected chi connectivity index (χ0v) is 16.2. The van der Waals surface area contributed by atoms with Crippen LogP contribution in [0.15, 0.2) is 54.6 Å². The summed E-state index contributed by atoms with van der Waals surface area (Å²) in [6.45, 7) is 1.67. The number of hydrogen-bond acceptors (Lipinski definition) is 5. The largest absolute Gasteiger partial charge is 0.456 e. The molecule has 1 aromatic heterocycles. The lowest BCUT2D eigenvalue weighted by atomic mass is 10.1. The van der Waals surface area contributed by atoms with Crippen LogP contribution in [-0.4, -0.2) is 35.4 Å². The quantitative estimate of drug-likeness (QED) is 0.580. The molecule has 0 aliphatic carbocycles. The molecule has 1 atom stereocenters. The third-order valence-corrected chi connectivity index (χ3v) is 5.67. The van der Waals surface area contributed by atoms with Gasteiger partial charge in [0.1, 0.15) is 5.01 Å². The Balaban J connectivity index is 1.50. The minimum absolute atomic E-state index is 0.182. The van der Waals surface area contributed by atoms with Crippen molar-refractivity contribution in [3.8, 4) is 0 Å². The molecule has 140 valence electrons. The highest BCUT2D eigenvalue weighted by molar-refractivity contribution is 7.18. The first-order valence-corrected chi connectivity index (χ1v) is 9.67. The highest BCUT2D eigenvalue weighted by atomic mass is 32.1. The summed E-state index contributed by atoms with van der Waals surface area (Å²) in [6, 6.07) is 17.4. The van der Waals surface area contributed by atoms with E-state index in [1.807, 2.05) is 61.5 Å². The Bertz CT molecular complexity index is 890. The lowest BCUT2D eigenvalue weighted by molar-refractivity contribution is -0.152. The van der Waals surface area contributed by atoms with Crippen molar-refractivity contribution in [3.05, 3.63) is 65.2 Å². The number of aryl methyl sites for hydroxylation is 1. The summed E-state index contributed by atoms with van der Waals surface area (Å²) in [6.07, 6.45) is 0.861. The van der Waals surface area contributed by atoms with Gasteiger partial charge < -0.3 is 9.64 Å². The van der Waals surface area contributed by atoms with Gasteiger partial charge >= 0.3 is 5.97 Å². The molecule has 27 heavy (non-hydrogen) atoms. The first kappa shape index (κ1) is 19.0. The number of hydrogen-bond donors (Lipinski definition) is 0.